The molecular weight excluding hydrogens is 442 g/mol. The number of methoxy groups -OCH3 is 2. The summed E-state index contributed by atoms with van der Waals surface area (Å²) in [6.07, 6.45) is 4.10. The van der Waals surface area contributed by atoms with E-state index in [1.165, 1.54) is 7.11 Å². The number of rotatable bonds is 6. The lowest BCUT2D eigenvalue weighted by Gasteiger charge is -2.28. The molecule has 4 aromatic rings. The molecule has 0 atom stereocenters. The molecule has 1 saturated heterocycles. The van der Waals surface area contributed by atoms with Gasteiger partial charge in [-0.2, -0.15) is 0 Å². The van der Waals surface area contributed by atoms with E-state index in [9.17, 15) is 4.79 Å². The molecule has 0 spiro atoms. The standard InChI is InChI=1S/C29H27NO5/c1-32-24-11-8-21(9-12-24)28-25(13-5-20-3-6-22(7-4-20)29(31)33-2)26-19-23(10-14-27(26)35-28)30-15-17-34-18-16-30/h3-14,19H,15-18H2,1-2H3/b13-5+. The van der Waals surface area contributed by atoms with Crippen LogP contribution in [0.4, 0.5) is 5.69 Å². The number of hydrogen-bond acceptors (Lipinski definition) is 6. The van der Waals surface area contributed by atoms with Crippen molar-refractivity contribution in [3.05, 3.63) is 83.4 Å². The van der Waals surface area contributed by atoms with Crippen LogP contribution in [0.5, 0.6) is 5.75 Å². The van der Waals surface area contributed by atoms with Crippen molar-refractivity contribution < 1.29 is 23.4 Å². The van der Waals surface area contributed by atoms with Gasteiger partial charge in [0.1, 0.15) is 17.1 Å². The maximum atomic E-state index is 11.8. The van der Waals surface area contributed by atoms with E-state index in [1.54, 1.807) is 19.2 Å². The molecule has 0 saturated carbocycles. The number of esters is 1. The Hall–Kier alpha value is -4.03. The molecule has 2 heterocycles. The summed E-state index contributed by atoms with van der Waals surface area (Å²) in [5.41, 5.74) is 5.44. The van der Waals surface area contributed by atoms with E-state index in [-0.39, 0.29) is 5.97 Å². The van der Waals surface area contributed by atoms with Gasteiger partial charge in [0, 0.05) is 35.3 Å². The minimum atomic E-state index is -0.348. The summed E-state index contributed by atoms with van der Waals surface area (Å²) in [6, 6.07) is 21.5. The number of benzene rings is 3. The lowest BCUT2D eigenvalue weighted by molar-refractivity contribution is 0.0600. The fourth-order valence-electron chi connectivity index (χ4n) is 4.27. The number of fused-ring (bicyclic) bond motifs is 1. The highest BCUT2D eigenvalue weighted by Crippen LogP contribution is 2.37. The van der Waals surface area contributed by atoms with Crippen molar-refractivity contribution >= 4 is 34.8 Å². The van der Waals surface area contributed by atoms with Crippen molar-refractivity contribution in [2.24, 2.45) is 0 Å². The van der Waals surface area contributed by atoms with Gasteiger partial charge in [0.05, 0.1) is 33.0 Å². The molecule has 0 bridgehead atoms. The van der Waals surface area contributed by atoms with E-state index in [0.29, 0.717) is 5.56 Å². The van der Waals surface area contributed by atoms with Gasteiger partial charge in [-0.15, -0.1) is 0 Å². The van der Waals surface area contributed by atoms with Crippen LogP contribution in [0.2, 0.25) is 0 Å². The van der Waals surface area contributed by atoms with Crippen LogP contribution in [0.15, 0.2) is 71.1 Å². The first-order chi connectivity index (χ1) is 17.2. The summed E-state index contributed by atoms with van der Waals surface area (Å²) in [5, 5.41) is 1.04. The second kappa shape index (κ2) is 10.1. The predicted molar refractivity (Wildman–Crippen MR) is 138 cm³/mol. The molecule has 0 amide bonds. The quantitative estimate of drug-likeness (QED) is 0.328. The monoisotopic (exact) mass is 469 g/mol. The first-order valence-corrected chi connectivity index (χ1v) is 11.6. The average Bonchev–Trinajstić information content (AvgIpc) is 3.30. The Morgan fingerprint density at radius 3 is 2.34 bits per heavy atom. The van der Waals surface area contributed by atoms with Crippen LogP contribution in [-0.2, 0) is 9.47 Å². The number of carbonyl (C=O) groups excluding carboxylic acids is 1. The van der Waals surface area contributed by atoms with Crippen LogP contribution < -0.4 is 9.64 Å². The van der Waals surface area contributed by atoms with Gasteiger partial charge in [-0.1, -0.05) is 18.2 Å². The van der Waals surface area contributed by atoms with Gasteiger partial charge in [0.15, 0.2) is 0 Å². The van der Waals surface area contributed by atoms with Crippen molar-refractivity contribution in [2.75, 3.05) is 45.4 Å². The Morgan fingerprint density at radius 1 is 0.914 bits per heavy atom. The van der Waals surface area contributed by atoms with Crippen LogP contribution in [0.25, 0.3) is 34.4 Å². The molecule has 3 aromatic carbocycles. The first-order valence-electron chi connectivity index (χ1n) is 11.6. The molecule has 0 aliphatic carbocycles. The Morgan fingerprint density at radius 2 is 1.66 bits per heavy atom. The number of carbonyl (C=O) groups is 1. The second-order valence-corrected chi connectivity index (χ2v) is 8.30. The molecule has 1 aromatic heterocycles. The number of nitrogens with zero attached hydrogens (tertiary/aromatic N) is 1. The largest absolute Gasteiger partial charge is 0.497 e. The Balaban J connectivity index is 1.57. The molecule has 6 heteroatoms. The van der Waals surface area contributed by atoms with E-state index in [1.807, 2.05) is 48.5 Å². The van der Waals surface area contributed by atoms with Crippen molar-refractivity contribution in [2.45, 2.75) is 0 Å². The fraction of sp³-hybridized carbons (Fsp3) is 0.207. The van der Waals surface area contributed by atoms with Crippen LogP contribution in [0.3, 0.4) is 0 Å². The van der Waals surface area contributed by atoms with Gasteiger partial charge in [0.25, 0.3) is 0 Å². The number of hydrogen-bond donors (Lipinski definition) is 0. The van der Waals surface area contributed by atoms with E-state index in [0.717, 1.165) is 71.2 Å². The molecule has 1 fully saturated rings. The molecule has 0 unspecified atom stereocenters. The minimum Gasteiger partial charge on any atom is -0.497 e. The zero-order valence-corrected chi connectivity index (χ0v) is 19.8. The van der Waals surface area contributed by atoms with Gasteiger partial charge in [-0.3, -0.25) is 0 Å². The third-order valence-electron chi connectivity index (χ3n) is 6.21. The Bertz CT molecular complexity index is 1350. The predicted octanol–water partition coefficient (Wildman–Crippen LogP) is 5.90. The van der Waals surface area contributed by atoms with Crippen LogP contribution in [0.1, 0.15) is 21.5 Å². The molecular formula is C29H27NO5. The number of ether oxygens (including phenoxy) is 3. The molecule has 0 N–H and O–H groups in total. The topological polar surface area (TPSA) is 61.1 Å². The maximum absolute atomic E-state index is 11.8. The van der Waals surface area contributed by atoms with Gasteiger partial charge in [-0.05, 0) is 66.2 Å². The van der Waals surface area contributed by atoms with Gasteiger partial charge in [0.2, 0.25) is 0 Å². The number of anilines is 1. The molecule has 6 nitrogen and oxygen atoms in total. The highest BCUT2D eigenvalue weighted by Gasteiger charge is 2.18. The third kappa shape index (κ3) is 4.79. The van der Waals surface area contributed by atoms with Crippen LogP contribution in [0, 0.1) is 0 Å². The molecule has 178 valence electrons. The van der Waals surface area contributed by atoms with Gasteiger partial charge < -0.3 is 23.5 Å². The molecule has 5 rings (SSSR count). The summed E-state index contributed by atoms with van der Waals surface area (Å²) < 4.78 is 22.0. The average molecular weight is 470 g/mol. The minimum absolute atomic E-state index is 0.348. The molecule has 1 aliphatic rings. The summed E-state index contributed by atoms with van der Waals surface area (Å²) in [5.74, 6) is 1.24. The first kappa shape index (κ1) is 22.7. The summed E-state index contributed by atoms with van der Waals surface area (Å²) in [4.78, 5) is 14.1. The normalized spacial score (nSPS) is 13.9. The lowest BCUT2D eigenvalue weighted by Crippen LogP contribution is -2.36. The van der Waals surface area contributed by atoms with E-state index in [4.69, 9.17) is 18.6 Å². The Labute approximate surface area is 204 Å². The maximum Gasteiger partial charge on any atom is 0.337 e. The molecule has 0 radical (unpaired) electrons. The van der Waals surface area contributed by atoms with Gasteiger partial charge in [-0.25, -0.2) is 4.79 Å². The zero-order valence-electron chi connectivity index (χ0n) is 19.8. The zero-order chi connectivity index (χ0) is 24.2. The van der Waals surface area contributed by atoms with Crippen molar-refractivity contribution in [3.63, 3.8) is 0 Å². The Kier molecular flexibility index (Phi) is 6.55. The van der Waals surface area contributed by atoms with Gasteiger partial charge >= 0.3 is 5.97 Å². The van der Waals surface area contributed by atoms with Crippen molar-refractivity contribution in [1.29, 1.82) is 0 Å². The number of morpholine rings is 1. The van der Waals surface area contributed by atoms with Crippen molar-refractivity contribution in [3.8, 4) is 17.1 Å². The summed E-state index contributed by atoms with van der Waals surface area (Å²) in [7, 11) is 3.04. The highest BCUT2D eigenvalue weighted by molar-refractivity contribution is 5.98. The van der Waals surface area contributed by atoms with Crippen molar-refractivity contribution in [1.82, 2.24) is 0 Å². The molecule has 35 heavy (non-hydrogen) atoms. The summed E-state index contributed by atoms with van der Waals surface area (Å²) in [6.45, 7) is 3.20. The summed E-state index contributed by atoms with van der Waals surface area (Å²) >= 11 is 0. The second-order valence-electron chi connectivity index (χ2n) is 8.30. The van der Waals surface area contributed by atoms with E-state index in [2.05, 4.69) is 23.1 Å². The van der Waals surface area contributed by atoms with E-state index >= 15 is 0 Å². The SMILES string of the molecule is COC(=O)c1ccc(/C=C/c2c(-c3ccc(OC)cc3)oc3ccc(N4CCOCC4)cc23)cc1. The molecule has 1 aliphatic heterocycles. The third-order valence-corrected chi connectivity index (χ3v) is 6.21. The van der Waals surface area contributed by atoms with Crippen LogP contribution >= 0.6 is 0 Å². The smallest absolute Gasteiger partial charge is 0.337 e. The van der Waals surface area contributed by atoms with Crippen LogP contribution in [-0.4, -0.2) is 46.5 Å². The van der Waals surface area contributed by atoms with E-state index < -0.39 is 0 Å². The lowest BCUT2D eigenvalue weighted by atomic mass is 10.0. The number of furan rings is 1. The fourth-order valence-corrected chi connectivity index (χ4v) is 4.27. The highest BCUT2D eigenvalue weighted by atomic mass is 16.5.